The van der Waals surface area contributed by atoms with Gasteiger partial charge in [0.15, 0.2) is 0 Å². The normalized spacial score (nSPS) is 10.8. The van der Waals surface area contributed by atoms with E-state index >= 15 is 0 Å². The molecule has 140 valence electrons. The summed E-state index contributed by atoms with van der Waals surface area (Å²) >= 11 is 1.66. The van der Waals surface area contributed by atoms with Crippen molar-refractivity contribution in [2.24, 2.45) is 0 Å². The largest absolute Gasteiger partial charge is 0.343 e. The Morgan fingerprint density at radius 1 is 1.07 bits per heavy atom. The summed E-state index contributed by atoms with van der Waals surface area (Å²) in [4.78, 5) is 21.1. The number of rotatable bonds is 6. The van der Waals surface area contributed by atoms with Gasteiger partial charge in [0.05, 0.1) is 17.2 Å². The summed E-state index contributed by atoms with van der Waals surface area (Å²) in [6, 6.07) is 16.9. The molecular formula is C21H18N4O2S. The number of amides is 1. The highest BCUT2D eigenvalue weighted by molar-refractivity contribution is 7.09. The van der Waals surface area contributed by atoms with Crippen molar-refractivity contribution in [3.8, 4) is 22.6 Å². The molecule has 28 heavy (non-hydrogen) atoms. The Morgan fingerprint density at radius 2 is 1.89 bits per heavy atom. The molecule has 2 heterocycles. The standard InChI is InChI=1S/C21H18N4O2S/c1-2-19-23-17(13-28-19)15-9-6-10-16(11-15)20-24-18(27-25-20)12-22-21(26)14-7-4-3-5-8-14/h3-11,13H,2,12H2,1H3,(H,22,26). The first-order valence-electron chi connectivity index (χ1n) is 8.94. The Balaban J connectivity index is 1.47. The predicted octanol–water partition coefficient (Wildman–Crippen LogP) is 4.35. The van der Waals surface area contributed by atoms with E-state index in [1.807, 2.05) is 42.5 Å². The molecule has 2 aromatic carbocycles. The summed E-state index contributed by atoms with van der Waals surface area (Å²) in [7, 11) is 0. The molecular weight excluding hydrogens is 372 g/mol. The number of nitrogens with one attached hydrogen (secondary N) is 1. The lowest BCUT2D eigenvalue weighted by molar-refractivity contribution is 0.0946. The lowest BCUT2D eigenvalue weighted by Gasteiger charge is -2.01. The molecule has 4 rings (SSSR count). The van der Waals surface area contributed by atoms with Crippen molar-refractivity contribution >= 4 is 17.2 Å². The molecule has 0 fully saturated rings. The number of hydrogen-bond acceptors (Lipinski definition) is 6. The molecule has 1 N–H and O–H groups in total. The molecule has 0 saturated heterocycles. The van der Waals surface area contributed by atoms with E-state index in [1.165, 1.54) is 0 Å². The molecule has 0 aliphatic heterocycles. The van der Waals surface area contributed by atoms with Gasteiger partial charge in [-0.3, -0.25) is 4.79 Å². The van der Waals surface area contributed by atoms with Crippen LogP contribution in [-0.2, 0) is 13.0 Å². The minimum Gasteiger partial charge on any atom is -0.343 e. The van der Waals surface area contributed by atoms with E-state index in [1.54, 1.807) is 23.5 Å². The van der Waals surface area contributed by atoms with E-state index in [-0.39, 0.29) is 12.5 Å². The van der Waals surface area contributed by atoms with Crippen molar-refractivity contribution in [3.05, 3.63) is 76.4 Å². The van der Waals surface area contributed by atoms with E-state index in [0.29, 0.717) is 17.3 Å². The van der Waals surface area contributed by atoms with Crippen LogP contribution in [0.15, 0.2) is 64.5 Å². The molecule has 1 amide bonds. The van der Waals surface area contributed by atoms with Gasteiger partial charge >= 0.3 is 0 Å². The monoisotopic (exact) mass is 390 g/mol. The van der Waals surface area contributed by atoms with E-state index in [9.17, 15) is 4.79 Å². The Labute approximate surface area is 166 Å². The van der Waals surface area contributed by atoms with Crippen LogP contribution >= 0.6 is 11.3 Å². The van der Waals surface area contributed by atoms with E-state index in [4.69, 9.17) is 4.52 Å². The molecule has 6 nitrogen and oxygen atoms in total. The van der Waals surface area contributed by atoms with Gasteiger partial charge in [0.2, 0.25) is 11.7 Å². The van der Waals surface area contributed by atoms with Crippen LogP contribution in [0, 0.1) is 0 Å². The average Bonchev–Trinajstić information content (AvgIpc) is 3.42. The van der Waals surface area contributed by atoms with Crippen molar-refractivity contribution in [1.29, 1.82) is 0 Å². The van der Waals surface area contributed by atoms with Crippen LogP contribution in [-0.4, -0.2) is 21.0 Å². The fourth-order valence-corrected chi connectivity index (χ4v) is 3.47. The smallest absolute Gasteiger partial charge is 0.251 e. The maximum Gasteiger partial charge on any atom is 0.251 e. The number of benzene rings is 2. The second-order valence-corrected chi connectivity index (χ2v) is 7.06. The third-order valence-corrected chi connectivity index (χ3v) is 5.17. The zero-order chi connectivity index (χ0) is 19.3. The van der Waals surface area contributed by atoms with Crippen LogP contribution in [0.1, 0.15) is 28.2 Å². The minimum absolute atomic E-state index is 0.173. The Kier molecular flexibility index (Phi) is 5.25. The summed E-state index contributed by atoms with van der Waals surface area (Å²) in [6.07, 6.45) is 0.924. The zero-order valence-corrected chi connectivity index (χ0v) is 16.1. The highest BCUT2D eigenvalue weighted by Gasteiger charge is 2.12. The third-order valence-electron chi connectivity index (χ3n) is 4.17. The maximum atomic E-state index is 12.1. The lowest BCUT2D eigenvalue weighted by Crippen LogP contribution is -2.22. The van der Waals surface area contributed by atoms with Gasteiger partial charge in [0.25, 0.3) is 5.91 Å². The molecule has 0 bridgehead atoms. The van der Waals surface area contributed by atoms with Crippen molar-refractivity contribution in [3.63, 3.8) is 0 Å². The summed E-state index contributed by atoms with van der Waals surface area (Å²) in [5.41, 5.74) is 3.39. The van der Waals surface area contributed by atoms with Crippen LogP contribution in [0.4, 0.5) is 0 Å². The van der Waals surface area contributed by atoms with Gasteiger partial charge in [-0.05, 0) is 24.6 Å². The fourth-order valence-electron chi connectivity index (χ4n) is 2.71. The van der Waals surface area contributed by atoms with Crippen molar-refractivity contribution in [2.45, 2.75) is 19.9 Å². The number of aryl methyl sites for hydroxylation is 1. The van der Waals surface area contributed by atoms with Gasteiger partial charge in [-0.15, -0.1) is 11.3 Å². The van der Waals surface area contributed by atoms with Gasteiger partial charge in [-0.2, -0.15) is 4.98 Å². The lowest BCUT2D eigenvalue weighted by atomic mass is 10.1. The second-order valence-electron chi connectivity index (χ2n) is 6.12. The van der Waals surface area contributed by atoms with E-state index in [2.05, 4.69) is 32.7 Å². The van der Waals surface area contributed by atoms with Crippen molar-refractivity contribution < 1.29 is 9.32 Å². The van der Waals surface area contributed by atoms with Crippen LogP contribution < -0.4 is 5.32 Å². The van der Waals surface area contributed by atoms with Gasteiger partial charge in [-0.1, -0.05) is 48.5 Å². The molecule has 0 saturated carbocycles. The van der Waals surface area contributed by atoms with Crippen molar-refractivity contribution in [1.82, 2.24) is 20.4 Å². The van der Waals surface area contributed by atoms with Crippen LogP contribution in [0.25, 0.3) is 22.6 Å². The topological polar surface area (TPSA) is 80.9 Å². The quantitative estimate of drug-likeness (QED) is 0.529. The summed E-state index contributed by atoms with van der Waals surface area (Å²) in [5, 5.41) is 9.98. The summed E-state index contributed by atoms with van der Waals surface area (Å²) in [6.45, 7) is 2.27. The molecule has 0 atom stereocenters. The molecule has 7 heteroatoms. The number of carbonyl (C=O) groups excluding carboxylic acids is 1. The SMILES string of the molecule is CCc1nc(-c2cccc(-c3noc(CNC(=O)c4ccccc4)n3)c2)cs1. The zero-order valence-electron chi connectivity index (χ0n) is 15.3. The van der Waals surface area contributed by atoms with Crippen LogP contribution in [0.2, 0.25) is 0 Å². The van der Waals surface area contributed by atoms with Crippen LogP contribution in [0.5, 0.6) is 0 Å². The van der Waals surface area contributed by atoms with Crippen LogP contribution in [0.3, 0.4) is 0 Å². The number of carbonyl (C=O) groups is 1. The molecule has 0 aliphatic carbocycles. The number of thiazole rings is 1. The average molecular weight is 390 g/mol. The summed E-state index contributed by atoms with van der Waals surface area (Å²) in [5.74, 6) is 0.654. The Bertz CT molecular complexity index is 1090. The second kappa shape index (κ2) is 8.14. The molecule has 0 radical (unpaired) electrons. The Hall–Kier alpha value is -3.32. The number of nitrogens with zero attached hydrogens (tertiary/aromatic N) is 3. The molecule has 4 aromatic rings. The molecule has 2 aromatic heterocycles. The molecule has 0 spiro atoms. The third kappa shape index (κ3) is 3.99. The fraction of sp³-hybridized carbons (Fsp3) is 0.143. The Morgan fingerprint density at radius 3 is 2.68 bits per heavy atom. The number of hydrogen-bond donors (Lipinski definition) is 1. The molecule has 0 unspecified atom stereocenters. The summed E-state index contributed by atoms with van der Waals surface area (Å²) < 4.78 is 5.28. The highest BCUT2D eigenvalue weighted by Crippen LogP contribution is 2.26. The maximum absolute atomic E-state index is 12.1. The van der Waals surface area contributed by atoms with Gasteiger partial charge < -0.3 is 9.84 Å². The number of aromatic nitrogens is 3. The van der Waals surface area contributed by atoms with E-state index in [0.717, 1.165) is 28.2 Å². The first-order chi connectivity index (χ1) is 13.7. The van der Waals surface area contributed by atoms with Gasteiger partial charge in [-0.25, -0.2) is 4.98 Å². The van der Waals surface area contributed by atoms with Gasteiger partial charge in [0, 0.05) is 22.1 Å². The van der Waals surface area contributed by atoms with Gasteiger partial charge in [0.1, 0.15) is 0 Å². The predicted molar refractivity (Wildman–Crippen MR) is 108 cm³/mol. The van der Waals surface area contributed by atoms with Crippen molar-refractivity contribution in [2.75, 3.05) is 0 Å². The molecule has 0 aliphatic rings. The minimum atomic E-state index is -0.183. The highest BCUT2D eigenvalue weighted by atomic mass is 32.1. The first kappa shape index (κ1) is 18.1. The first-order valence-corrected chi connectivity index (χ1v) is 9.82. The van der Waals surface area contributed by atoms with E-state index < -0.39 is 0 Å².